The van der Waals surface area contributed by atoms with E-state index < -0.39 is 0 Å². The number of rotatable bonds is 3. The highest BCUT2D eigenvalue weighted by Gasteiger charge is 2.20. The fraction of sp³-hybridized carbons (Fsp3) is 0.214. The molecule has 100 valence electrons. The average molecular weight is 276 g/mol. The fourth-order valence-corrected chi connectivity index (χ4v) is 2.63. The third kappa shape index (κ3) is 2.56. The summed E-state index contributed by atoms with van der Waals surface area (Å²) in [5.74, 6) is 0.669. The van der Waals surface area contributed by atoms with Crippen LogP contribution < -0.4 is 10.5 Å². The number of nitrogens with zero attached hydrogens (tertiary/aromatic N) is 1. The summed E-state index contributed by atoms with van der Waals surface area (Å²) >= 11 is 1.37. The molecule has 0 aliphatic carbocycles. The van der Waals surface area contributed by atoms with Gasteiger partial charge in [0.25, 0.3) is 5.91 Å². The largest absolute Gasteiger partial charge is 0.497 e. The summed E-state index contributed by atoms with van der Waals surface area (Å²) in [7, 11) is 5.05. The minimum atomic E-state index is -0.0865. The van der Waals surface area contributed by atoms with Crippen molar-refractivity contribution in [3.63, 3.8) is 0 Å². The van der Waals surface area contributed by atoms with Crippen molar-refractivity contribution in [3.8, 4) is 16.9 Å². The second-order valence-electron chi connectivity index (χ2n) is 4.32. The molecule has 0 saturated heterocycles. The zero-order valence-corrected chi connectivity index (χ0v) is 12.0. The Bertz CT molecular complexity index is 605. The van der Waals surface area contributed by atoms with Gasteiger partial charge in [-0.25, -0.2) is 0 Å². The molecular formula is C14H16N2O2S. The van der Waals surface area contributed by atoms with Crippen molar-refractivity contribution in [2.75, 3.05) is 26.9 Å². The van der Waals surface area contributed by atoms with Gasteiger partial charge < -0.3 is 15.4 Å². The summed E-state index contributed by atoms with van der Waals surface area (Å²) in [4.78, 5) is 13.7. The maximum absolute atomic E-state index is 12.2. The van der Waals surface area contributed by atoms with Crippen LogP contribution in [0.25, 0.3) is 11.1 Å². The van der Waals surface area contributed by atoms with Gasteiger partial charge >= 0.3 is 0 Å². The lowest BCUT2D eigenvalue weighted by Crippen LogP contribution is -2.22. The van der Waals surface area contributed by atoms with E-state index >= 15 is 0 Å². The molecule has 0 unspecified atom stereocenters. The van der Waals surface area contributed by atoms with E-state index in [2.05, 4.69) is 0 Å². The molecule has 1 heterocycles. The van der Waals surface area contributed by atoms with E-state index in [1.165, 1.54) is 16.2 Å². The Morgan fingerprint density at radius 1 is 1.37 bits per heavy atom. The van der Waals surface area contributed by atoms with Crippen LogP contribution in [0, 0.1) is 0 Å². The second kappa shape index (κ2) is 5.32. The molecule has 0 atom stereocenters. The molecule has 2 rings (SSSR count). The van der Waals surface area contributed by atoms with E-state index in [1.54, 1.807) is 21.2 Å². The molecule has 0 bridgehead atoms. The predicted molar refractivity (Wildman–Crippen MR) is 78.7 cm³/mol. The molecule has 1 amide bonds. The lowest BCUT2D eigenvalue weighted by molar-refractivity contribution is 0.0830. The summed E-state index contributed by atoms with van der Waals surface area (Å²) < 4.78 is 5.21. The Labute approximate surface area is 116 Å². The Morgan fingerprint density at radius 3 is 2.74 bits per heavy atom. The zero-order chi connectivity index (χ0) is 14.0. The minimum absolute atomic E-state index is 0.0865. The van der Waals surface area contributed by atoms with Gasteiger partial charge in [0.15, 0.2) is 0 Å². The van der Waals surface area contributed by atoms with Gasteiger partial charge in [-0.3, -0.25) is 4.79 Å². The van der Waals surface area contributed by atoms with Crippen LogP contribution in [0.1, 0.15) is 10.4 Å². The molecule has 19 heavy (non-hydrogen) atoms. The molecule has 0 fully saturated rings. The molecule has 5 heteroatoms. The van der Waals surface area contributed by atoms with E-state index in [4.69, 9.17) is 10.5 Å². The lowest BCUT2D eigenvalue weighted by Gasteiger charge is -2.12. The van der Waals surface area contributed by atoms with Gasteiger partial charge in [-0.15, -0.1) is 11.3 Å². The first-order valence-electron chi connectivity index (χ1n) is 5.77. The molecule has 2 aromatic rings. The van der Waals surface area contributed by atoms with Gasteiger partial charge in [0, 0.05) is 25.0 Å². The monoisotopic (exact) mass is 276 g/mol. The molecule has 0 saturated carbocycles. The number of hydrogen-bond acceptors (Lipinski definition) is 4. The van der Waals surface area contributed by atoms with E-state index in [1.807, 2.05) is 29.6 Å². The van der Waals surface area contributed by atoms with Gasteiger partial charge in [0.05, 0.1) is 17.7 Å². The van der Waals surface area contributed by atoms with Crippen molar-refractivity contribution in [1.29, 1.82) is 0 Å². The van der Waals surface area contributed by atoms with Crippen LogP contribution in [0.15, 0.2) is 29.6 Å². The number of ether oxygens (including phenoxy) is 1. The van der Waals surface area contributed by atoms with Crippen molar-refractivity contribution < 1.29 is 9.53 Å². The normalized spacial score (nSPS) is 10.3. The standard InChI is InChI=1S/C14H16N2O2S/c1-16(2)14(17)12-11(8-19-13(12)15)9-5-4-6-10(7-9)18-3/h4-8H,15H2,1-3H3. The number of thiophene rings is 1. The van der Waals surface area contributed by atoms with Gasteiger partial charge in [-0.1, -0.05) is 12.1 Å². The summed E-state index contributed by atoms with van der Waals surface area (Å²) in [6, 6.07) is 7.60. The highest BCUT2D eigenvalue weighted by molar-refractivity contribution is 7.15. The maximum Gasteiger partial charge on any atom is 0.256 e. The highest BCUT2D eigenvalue weighted by atomic mass is 32.1. The summed E-state index contributed by atoms with van der Waals surface area (Å²) in [6.45, 7) is 0. The van der Waals surface area contributed by atoms with Crippen LogP contribution in [0.4, 0.5) is 5.00 Å². The second-order valence-corrected chi connectivity index (χ2v) is 5.23. The SMILES string of the molecule is COc1cccc(-c2csc(N)c2C(=O)N(C)C)c1. The first-order chi connectivity index (χ1) is 9.04. The first kappa shape index (κ1) is 13.4. The third-order valence-electron chi connectivity index (χ3n) is 2.82. The van der Waals surface area contributed by atoms with E-state index in [-0.39, 0.29) is 5.91 Å². The molecule has 0 spiro atoms. The molecule has 0 radical (unpaired) electrons. The van der Waals surface area contributed by atoms with Crippen molar-refractivity contribution in [3.05, 3.63) is 35.2 Å². The van der Waals surface area contributed by atoms with E-state index in [0.717, 1.165) is 16.9 Å². The predicted octanol–water partition coefficient (Wildman–Crippen LogP) is 2.71. The smallest absolute Gasteiger partial charge is 0.256 e. The molecule has 1 aromatic carbocycles. The lowest BCUT2D eigenvalue weighted by atomic mass is 10.0. The van der Waals surface area contributed by atoms with Crippen LogP contribution >= 0.6 is 11.3 Å². The van der Waals surface area contributed by atoms with Crippen LogP contribution in [-0.4, -0.2) is 32.0 Å². The van der Waals surface area contributed by atoms with Crippen LogP contribution in [0.3, 0.4) is 0 Å². The van der Waals surface area contributed by atoms with Crippen molar-refractivity contribution in [2.45, 2.75) is 0 Å². The Morgan fingerprint density at radius 2 is 2.11 bits per heavy atom. The number of carbonyl (C=O) groups excluding carboxylic acids is 1. The quantitative estimate of drug-likeness (QED) is 0.937. The van der Waals surface area contributed by atoms with Crippen molar-refractivity contribution >= 4 is 22.2 Å². The number of hydrogen-bond donors (Lipinski definition) is 1. The molecule has 4 nitrogen and oxygen atoms in total. The number of methoxy groups -OCH3 is 1. The number of carbonyl (C=O) groups is 1. The van der Waals surface area contributed by atoms with Crippen LogP contribution in [-0.2, 0) is 0 Å². The number of nitrogens with two attached hydrogens (primary N) is 1. The molecule has 1 aromatic heterocycles. The van der Waals surface area contributed by atoms with Gasteiger partial charge in [-0.05, 0) is 17.7 Å². The number of benzene rings is 1. The van der Waals surface area contributed by atoms with Gasteiger partial charge in [0.2, 0.25) is 0 Å². The number of amides is 1. The van der Waals surface area contributed by atoms with Crippen molar-refractivity contribution in [2.24, 2.45) is 0 Å². The summed E-state index contributed by atoms with van der Waals surface area (Å²) in [5, 5.41) is 2.44. The minimum Gasteiger partial charge on any atom is -0.497 e. The van der Waals surface area contributed by atoms with Crippen LogP contribution in [0.2, 0.25) is 0 Å². The highest BCUT2D eigenvalue weighted by Crippen LogP contribution is 2.35. The molecule has 0 aliphatic rings. The number of nitrogen functional groups attached to an aromatic ring is 1. The number of anilines is 1. The summed E-state index contributed by atoms with van der Waals surface area (Å²) in [5.41, 5.74) is 8.26. The van der Waals surface area contributed by atoms with Crippen LogP contribution in [0.5, 0.6) is 5.75 Å². The maximum atomic E-state index is 12.2. The Balaban J connectivity index is 2.54. The summed E-state index contributed by atoms with van der Waals surface area (Å²) in [6.07, 6.45) is 0. The topological polar surface area (TPSA) is 55.6 Å². The van der Waals surface area contributed by atoms with Crippen molar-refractivity contribution in [1.82, 2.24) is 4.90 Å². The Kier molecular flexibility index (Phi) is 3.76. The molecule has 0 aliphatic heterocycles. The molecule has 2 N–H and O–H groups in total. The fourth-order valence-electron chi connectivity index (χ4n) is 1.82. The van der Waals surface area contributed by atoms with E-state index in [9.17, 15) is 4.79 Å². The first-order valence-corrected chi connectivity index (χ1v) is 6.65. The van der Waals surface area contributed by atoms with Gasteiger partial charge in [0.1, 0.15) is 5.75 Å². The molecular weight excluding hydrogens is 260 g/mol. The third-order valence-corrected chi connectivity index (χ3v) is 3.63. The zero-order valence-electron chi connectivity index (χ0n) is 11.1. The van der Waals surface area contributed by atoms with E-state index in [0.29, 0.717) is 10.6 Å². The van der Waals surface area contributed by atoms with Gasteiger partial charge in [-0.2, -0.15) is 0 Å². The Hall–Kier alpha value is -2.01. The average Bonchev–Trinajstić information content (AvgIpc) is 2.79.